The van der Waals surface area contributed by atoms with Crippen LogP contribution in [-0.4, -0.2) is 47.1 Å². The summed E-state index contributed by atoms with van der Waals surface area (Å²) in [4.78, 5) is 29.5. The van der Waals surface area contributed by atoms with Gasteiger partial charge >= 0.3 is 7.12 Å². The third kappa shape index (κ3) is 10.4. The van der Waals surface area contributed by atoms with Gasteiger partial charge in [0.05, 0.1) is 18.2 Å². The Labute approximate surface area is 345 Å². The summed E-state index contributed by atoms with van der Waals surface area (Å²) in [6.45, 7) is 7.30. The van der Waals surface area contributed by atoms with Crippen LogP contribution in [0.5, 0.6) is 0 Å². The Morgan fingerprint density at radius 2 is 0.867 bits per heavy atom. The van der Waals surface area contributed by atoms with E-state index in [2.05, 4.69) is 34.7 Å². The van der Waals surface area contributed by atoms with Gasteiger partial charge in [0.2, 0.25) is 11.0 Å². The third-order valence-electron chi connectivity index (χ3n) is 8.26. The number of hydrogen-bond acceptors (Lipinski definition) is 9. The van der Waals surface area contributed by atoms with Crippen molar-refractivity contribution in [3.63, 3.8) is 0 Å². The number of aromatic nitrogens is 6. The van der Waals surface area contributed by atoms with Gasteiger partial charge in [0.25, 0.3) is 0 Å². The fraction of sp³-hybridized carbons (Fsp3) is 0. The minimum Gasteiger partial charge on any atom is -0.423 e. The molecule has 2 heterocycles. The van der Waals surface area contributed by atoms with Crippen molar-refractivity contribution in [2.24, 2.45) is 0 Å². The van der Waals surface area contributed by atoms with Crippen molar-refractivity contribution in [1.29, 1.82) is 5.26 Å². The van der Waals surface area contributed by atoms with Crippen LogP contribution in [0.25, 0.3) is 61.8 Å². The van der Waals surface area contributed by atoms with Crippen LogP contribution in [0.1, 0.15) is 5.56 Å². The molecule has 2 N–H and O–H groups in total. The topological polar surface area (TPSA) is 146 Å². The van der Waals surface area contributed by atoms with Crippen LogP contribution in [0, 0.1) is 41.2 Å². The molecular weight excluding hydrogens is 795 g/mol. The normalized spacial score (nSPS) is 10.2. The van der Waals surface area contributed by atoms with Gasteiger partial charge in [-0.1, -0.05) is 121 Å². The first-order chi connectivity index (χ1) is 29.0. The maximum absolute atomic E-state index is 13.9. The first-order valence-corrected chi connectivity index (χ1v) is 17.9. The highest BCUT2D eigenvalue weighted by atomic mass is 35.5. The van der Waals surface area contributed by atoms with Crippen LogP contribution >= 0.6 is 11.6 Å². The smallest absolute Gasteiger partial charge is 0.423 e. The molecule has 16 heteroatoms. The second-order valence-corrected chi connectivity index (χ2v) is 12.6. The Balaban J connectivity index is 0.000000163. The molecule has 10 nitrogen and oxygen atoms in total. The largest absolute Gasteiger partial charge is 0.489 e. The average Bonchev–Trinajstić information content (AvgIpc) is 3.29. The predicted octanol–water partition coefficient (Wildman–Crippen LogP) is 9.08. The van der Waals surface area contributed by atoms with Gasteiger partial charge in [0.1, 0.15) is 5.82 Å². The molecule has 8 aromatic rings. The second-order valence-electron chi connectivity index (χ2n) is 12.3. The summed E-state index contributed by atoms with van der Waals surface area (Å²) in [7, 11) is -1.98. The molecular formula is C44H26BClF4N8O2. The molecule has 0 saturated carbocycles. The first kappa shape index (κ1) is 41.9. The Morgan fingerprint density at radius 3 is 1.25 bits per heavy atom. The number of hydrogen-bond donors (Lipinski definition) is 2. The van der Waals surface area contributed by atoms with Gasteiger partial charge in [-0.2, -0.15) is 15.2 Å². The van der Waals surface area contributed by atoms with E-state index in [0.29, 0.717) is 35.4 Å². The lowest BCUT2D eigenvalue weighted by atomic mass is 9.77. The van der Waals surface area contributed by atoms with Crippen LogP contribution in [0.4, 0.5) is 23.2 Å². The molecule has 0 fully saturated rings. The van der Waals surface area contributed by atoms with Crippen LogP contribution in [-0.2, 0) is 0 Å². The number of nitriles is 1. The Morgan fingerprint density at radius 1 is 0.517 bits per heavy atom. The van der Waals surface area contributed by atoms with Crippen molar-refractivity contribution in [2.75, 3.05) is 0 Å². The summed E-state index contributed by atoms with van der Waals surface area (Å²) in [5.41, 5.74) is 2.74. The molecule has 6 aromatic carbocycles. The summed E-state index contributed by atoms with van der Waals surface area (Å²) in [5.74, 6) is -2.53. The molecule has 0 saturated heterocycles. The van der Waals surface area contributed by atoms with E-state index in [9.17, 15) is 17.6 Å². The number of rotatable bonds is 6. The van der Waals surface area contributed by atoms with E-state index < -0.39 is 30.4 Å². The summed E-state index contributed by atoms with van der Waals surface area (Å²) >= 11 is 5.99. The van der Waals surface area contributed by atoms with Gasteiger partial charge in [0, 0.05) is 33.3 Å². The lowest BCUT2D eigenvalue weighted by Crippen LogP contribution is -2.33. The van der Waals surface area contributed by atoms with E-state index in [1.54, 1.807) is 0 Å². The van der Waals surface area contributed by atoms with E-state index >= 15 is 0 Å². The molecule has 0 atom stereocenters. The standard InChI is InChI=1S/C22H12F2N4.C15H10ClN3.C7H4BF2NO2/c1-25-19-13-18(24)17(23)12-16(19)22-27-20(14-8-4-2-5-9-14)26-21(28-22)15-10-6-3-7-11-15;16-15-18-13(11-7-3-1-4-8-11)17-14(19-15)12-9-5-2-6-10-12;9-6-1-4(3-11)5(8(12)13)2-7(6)10/h2-13H;1-10H;1-2,12-13H. The summed E-state index contributed by atoms with van der Waals surface area (Å²) in [5, 5.41) is 26.0. The van der Waals surface area contributed by atoms with Crippen LogP contribution in [0.3, 0.4) is 0 Å². The minimum atomic E-state index is -1.98. The van der Waals surface area contributed by atoms with Crippen molar-refractivity contribution in [3.05, 3.63) is 191 Å². The molecule has 2 aromatic heterocycles. The number of nitrogens with zero attached hydrogens (tertiary/aromatic N) is 8. The van der Waals surface area contributed by atoms with Crippen LogP contribution in [0.15, 0.2) is 146 Å². The van der Waals surface area contributed by atoms with Crippen LogP contribution < -0.4 is 5.46 Å². The molecule has 0 radical (unpaired) electrons. The van der Waals surface area contributed by atoms with Crippen molar-refractivity contribution in [3.8, 4) is 63.0 Å². The molecule has 0 spiro atoms. The van der Waals surface area contributed by atoms with Gasteiger partial charge in [-0.05, 0) is 35.9 Å². The lowest BCUT2D eigenvalue weighted by Gasteiger charge is -2.09. The molecule has 0 bridgehead atoms. The maximum Gasteiger partial charge on any atom is 0.489 e. The quantitative estimate of drug-likeness (QED) is 0.0953. The van der Waals surface area contributed by atoms with E-state index in [1.807, 2.05) is 121 Å². The Bertz CT molecular complexity index is 2720. The van der Waals surface area contributed by atoms with Crippen molar-refractivity contribution in [1.82, 2.24) is 29.9 Å². The third-order valence-corrected chi connectivity index (χ3v) is 8.43. The van der Waals surface area contributed by atoms with Gasteiger partial charge in [-0.25, -0.2) is 42.3 Å². The fourth-order valence-corrected chi connectivity index (χ4v) is 5.55. The van der Waals surface area contributed by atoms with E-state index in [0.717, 1.165) is 34.4 Å². The van der Waals surface area contributed by atoms with Crippen molar-refractivity contribution in [2.45, 2.75) is 0 Å². The Hall–Kier alpha value is -7.69. The monoisotopic (exact) mass is 820 g/mol. The summed E-state index contributed by atoms with van der Waals surface area (Å²) in [6, 6.07) is 42.5. The zero-order chi connectivity index (χ0) is 42.6. The molecule has 0 aliphatic heterocycles. The molecule has 0 aliphatic rings. The van der Waals surface area contributed by atoms with Gasteiger partial charge in [0.15, 0.2) is 46.6 Å². The van der Waals surface area contributed by atoms with E-state index in [-0.39, 0.29) is 33.4 Å². The number of halogens is 5. The number of benzene rings is 6. The highest BCUT2D eigenvalue weighted by molar-refractivity contribution is 6.59. The van der Waals surface area contributed by atoms with E-state index in [1.165, 1.54) is 6.07 Å². The molecule has 8 rings (SSSR count). The highest BCUT2D eigenvalue weighted by Gasteiger charge is 2.20. The van der Waals surface area contributed by atoms with E-state index in [4.69, 9.17) is 33.5 Å². The summed E-state index contributed by atoms with van der Waals surface area (Å²) in [6.07, 6.45) is 0. The van der Waals surface area contributed by atoms with Gasteiger partial charge in [-0.3, -0.25) is 0 Å². The minimum absolute atomic E-state index is 0.0666. The molecule has 60 heavy (non-hydrogen) atoms. The van der Waals surface area contributed by atoms with Gasteiger partial charge in [-0.15, -0.1) is 0 Å². The molecule has 0 aliphatic carbocycles. The van der Waals surface area contributed by atoms with Crippen LogP contribution in [0.2, 0.25) is 5.28 Å². The zero-order valence-electron chi connectivity index (χ0n) is 30.8. The first-order valence-electron chi connectivity index (χ1n) is 17.6. The SMILES string of the molecule is Clc1nc(-c2ccccc2)nc(-c2ccccc2)n1.N#Cc1cc(F)c(F)cc1B(O)O.[C-]#[N+]c1cc(F)c(F)cc1-c1nc(-c2ccccc2)nc(-c2ccccc2)n1. The second kappa shape index (κ2) is 19.6. The zero-order valence-corrected chi connectivity index (χ0v) is 31.6. The van der Waals surface area contributed by atoms with Crippen molar-refractivity contribution >= 4 is 29.9 Å². The average molecular weight is 821 g/mol. The molecule has 0 unspecified atom stereocenters. The lowest BCUT2D eigenvalue weighted by molar-refractivity contribution is 0.424. The molecule has 292 valence electrons. The molecule has 0 amide bonds. The van der Waals surface area contributed by atoms with Crippen molar-refractivity contribution < 1.29 is 27.6 Å². The highest BCUT2D eigenvalue weighted by Crippen LogP contribution is 2.33. The predicted molar refractivity (Wildman–Crippen MR) is 219 cm³/mol. The fourth-order valence-electron chi connectivity index (χ4n) is 5.39. The summed E-state index contributed by atoms with van der Waals surface area (Å²) < 4.78 is 52.5. The van der Waals surface area contributed by atoms with Gasteiger partial charge < -0.3 is 10.0 Å². The maximum atomic E-state index is 13.9. The Kier molecular flexibility index (Phi) is 13.7.